The highest BCUT2D eigenvalue weighted by Gasteiger charge is 2.62. The molecule has 7 atom stereocenters. The standard InChI is InChI=1S/C39H47F2N5O10S/c1-21-6-4-5-7-23-18-38(23,35(49)45-57(51,52)25-8-9-25)44-32(47)28-17-24(54-33-27-10-11-29-31(26(27)12-15-42-33)56-39(40,41)55-29)19-46(28)34(48)30(22(2)16-21)43-36(50)53-20-37(3)13-14-37/h5,7,10-12,15,21-25,28,30H,4,6,8-9,13-14,16-20H2,1-3H3,(H,43,50)(H,44,47)(H,45,49)/b7-5-/t21-,22+,23+,24+,28-,30-,38+/m0/s1. The van der Waals surface area contributed by atoms with E-state index in [9.17, 15) is 36.4 Å². The summed E-state index contributed by atoms with van der Waals surface area (Å²) in [4.78, 5) is 61.9. The summed E-state index contributed by atoms with van der Waals surface area (Å²) in [6.45, 7) is 5.96. The molecule has 0 radical (unpaired) electrons. The number of hydrogen-bond donors (Lipinski definition) is 3. The van der Waals surface area contributed by atoms with Crippen LogP contribution in [-0.4, -0.2) is 90.5 Å². The molecule has 1 aromatic carbocycles. The van der Waals surface area contributed by atoms with Crippen LogP contribution in [0.2, 0.25) is 0 Å². The summed E-state index contributed by atoms with van der Waals surface area (Å²) in [6, 6.07) is 1.93. The first-order valence-electron chi connectivity index (χ1n) is 19.6. The molecule has 0 unspecified atom stereocenters. The van der Waals surface area contributed by atoms with Crippen LogP contribution in [-0.2, 0) is 29.1 Å². The van der Waals surface area contributed by atoms with Gasteiger partial charge >= 0.3 is 12.4 Å². The second-order valence-electron chi connectivity index (χ2n) is 17.0. The van der Waals surface area contributed by atoms with Gasteiger partial charge in [-0.15, -0.1) is 8.78 Å². The van der Waals surface area contributed by atoms with Crippen molar-refractivity contribution in [3.05, 3.63) is 36.5 Å². The Balaban J connectivity index is 1.11. The van der Waals surface area contributed by atoms with E-state index in [1.807, 2.05) is 32.9 Å². The maximum absolute atomic E-state index is 14.8. The van der Waals surface area contributed by atoms with Gasteiger partial charge in [0.05, 0.1) is 18.4 Å². The molecule has 4 heterocycles. The Hall–Kier alpha value is -4.74. The Morgan fingerprint density at radius 2 is 1.84 bits per heavy atom. The van der Waals surface area contributed by atoms with Crippen LogP contribution in [0.3, 0.4) is 0 Å². The summed E-state index contributed by atoms with van der Waals surface area (Å²) in [7, 11) is -3.95. The van der Waals surface area contributed by atoms with Crippen molar-refractivity contribution in [3.63, 3.8) is 0 Å². The van der Waals surface area contributed by atoms with Crippen molar-refractivity contribution in [2.75, 3.05) is 13.2 Å². The lowest BCUT2D eigenvalue weighted by Gasteiger charge is -2.32. The number of fused-ring (bicyclic) bond motifs is 5. The molecule has 1 saturated heterocycles. The van der Waals surface area contributed by atoms with Crippen LogP contribution in [0.25, 0.3) is 10.8 Å². The molecule has 57 heavy (non-hydrogen) atoms. The molecule has 4 fully saturated rings. The highest BCUT2D eigenvalue weighted by atomic mass is 32.2. The molecular formula is C39H47F2N5O10S. The predicted octanol–water partition coefficient (Wildman–Crippen LogP) is 4.30. The van der Waals surface area contributed by atoms with E-state index in [1.54, 1.807) is 0 Å². The van der Waals surface area contributed by atoms with Crippen molar-refractivity contribution in [1.82, 2.24) is 25.2 Å². The van der Waals surface area contributed by atoms with Gasteiger partial charge in [-0.3, -0.25) is 19.1 Å². The molecule has 6 aliphatic rings. The Kier molecular flexibility index (Phi) is 9.79. The lowest BCUT2D eigenvalue weighted by molar-refractivity contribution is -0.286. The fourth-order valence-corrected chi connectivity index (χ4v) is 9.51. The van der Waals surface area contributed by atoms with Gasteiger partial charge in [-0.05, 0) is 81.4 Å². The number of carbonyl (C=O) groups is 4. The zero-order valence-electron chi connectivity index (χ0n) is 31.9. The van der Waals surface area contributed by atoms with Crippen LogP contribution in [0.5, 0.6) is 17.4 Å². The van der Waals surface area contributed by atoms with E-state index < -0.39 is 80.9 Å². The van der Waals surface area contributed by atoms with E-state index in [1.165, 1.54) is 29.3 Å². The minimum absolute atomic E-state index is 0.0252. The normalized spacial score (nSPS) is 32.1. The Morgan fingerprint density at radius 1 is 1.07 bits per heavy atom. The average Bonchev–Trinajstić information content (AvgIpc) is 4.10. The number of benzene rings is 1. The zero-order valence-corrected chi connectivity index (χ0v) is 32.7. The van der Waals surface area contributed by atoms with Crippen LogP contribution in [0, 0.1) is 23.2 Å². The highest BCUT2D eigenvalue weighted by Crippen LogP contribution is 2.48. The molecule has 1 aromatic heterocycles. The Bertz CT molecular complexity index is 2130. The number of amides is 4. The molecule has 4 amide bonds. The van der Waals surface area contributed by atoms with Crippen molar-refractivity contribution in [3.8, 4) is 17.4 Å². The van der Waals surface area contributed by atoms with Crippen LogP contribution in [0.15, 0.2) is 36.5 Å². The van der Waals surface area contributed by atoms with Crippen molar-refractivity contribution in [1.29, 1.82) is 0 Å². The molecule has 308 valence electrons. The fourth-order valence-electron chi connectivity index (χ4n) is 8.15. The first-order chi connectivity index (χ1) is 27.0. The lowest BCUT2D eigenvalue weighted by Crippen LogP contribution is -2.59. The van der Waals surface area contributed by atoms with Crippen molar-refractivity contribution >= 4 is 44.6 Å². The number of alkyl halides is 2. The van der Waals surface area contributed by atoms with Gasteiger partial charge in [0, 0.05) is 34.7 Å². The highest BCUT2D eigenvalue weighted by molar-refractivity contribution is 7.91. The number of halogens is 2. The molecule has 8 rings (SSSR count). The smallest absolute Gasteiger partial charge is 0.472 e. The van der Waals surface area contributed by atoms with Gasteiger partial charge in [0.2, 0.25) is 27.7 Å². The second-order valence-corrected chi connectivity index (χ2v) is 19.0. The number of pyridine rings is 1. The summed E-state index contributed by atoms with van der Waals surface area (Å²) in [6.07, 6.45) is 4.32. The molecule has 0 spiro atoms. The third-order valence-electron chi connectivity index (χ3n) is 12.1. The van der Waals surface area contributed by atoms with E-state index in [-0.39, 0.29) is 60.1 Å². The van der Waals surface area contributed by atoms with E-state index in [0.717, 1.165) is 19.3 Å². The van der Waals surface area contributed by atoms with Gasteiger partial charge in [0.1, 0.15) is 23.7 Å². The van der Waals surface area contributed by atoms with E-state index in [2.05, 4.69) is 25.1 Å². The molecule has 3 aliphatic carbocycles. The quantitative estimate of drug-likeness (QED) is 0.322. The van der Waals surface area contributed by atoms with Gasteiger partial charge in [0.15, 0.2) is 11.5 Å². The predicted molar refractivity (Wildman–Crippen MR) is 198 cm³/mol. The number of carbonyl (C=O) groups excluding carboxylic acids is 4. The summed E-state index contributed by atoms with van der Waals surface area (Å²) in [5, 5.41) is 5.51. The summed E-state index contributed by atoms with van der Waals surface area (Å²) < 4.78 is 77.2. The molecule has 18 heteroatoms. The first kappa shape index (κ1) is 39.1. The van der Waals surface area contributed by atoms with Gasteiger partial charge < -0.3 is 34.5 Å². The van der Waals surface area contributed by atoms with Gasteiger partial charge in [-0.1, -0.05) is 32.9 Å². The van der Waals surface area contributed by atoms with Crippen molar-refractivity contribution in [2.45, 2.75) is 114 Å². The number of ether oxygens (including phenoxy) is 4. The molecule has 3 aliphatic heterocycles. The van der Waals surface area contributed by atoms with E-state index in [4.69, 9.17) is 14.2 Å². The van der Waals surface area contributed by atoms with Gasteiger partial charge in [0.25, 0.3) is 5.91 Å². The molecule has 0 bridgehead atoms. The van der Waals surface area contributed by atoms with Gasteiger partial charge in [-0.2, -0.15) is 0 Å². The lowest BCUT2D eigenvalue weighted by atomic mass is 9.88. The van der Waals surface area contributed by atoms with Crippen molar-refractivity contribution in [2.24, 2.45) is 23.2 Å². The topological polar surface area (TPSA) is 192 Å². The Labute approximate surface area is 328 Å². The van der Waals surface area contributed by atoms with E-state index >= 15 is 0 Å². The zero-order chi connectivity index (χ0) is 40.5. The number of nitrogens with zero attached hydrogens (tertiary/aromatic N) is 2. The molecule has 2 aromatic rings. The number of nitrogens with one attached hydrogen (secondary N) is 3. The first-order valence-corrected chi connectivity index (χ1v) is 21.1. The molecule has 3 saturated carbocycles. The monoisotopic (exact) mass is 815 g/mol. The van der Waals surface area contributed by atoms with Crippen LogP contribution >= 0.6 is 0 Å². The van der Waals surface area contributed by atoms with Crippen LogP contribution in [0.4, 0.5) is 13.6 Å². The number of rotatable bonds is 8. The van der Waals surface area contributed by atoms with Crippen molar-refractivity contribution < 1.29 is 55.3 Å². The van der Waals surface area contributed by atoms with Gasteiger partial charge in [-0.25, -0.2) is 18.2 Å². The number of allylic oxidation sites excluding steroid dienone is 1. The number of alkyl carbamates (subject to hydrolysis) is 1. The molecular weight excluding hydrogens is 769 g/mol. The minimum atomic E-state index is -3.95. The molecule has 15 nitrogen and oxygen atoms in total. The third kappa shape index (κ3) is 8.06. The maximum Gasteiger partial charge on any atom is 0.586 e. The largest absolute Gasteiger partial charge is 0.586 e. The SMILES string of the molecule is C[C@H]1CC/C=C\[C@@H]2C[C@@]2(C(=O)NS(=O)(=O)C2CC2)NC(=O)[C@@H]2C[C@@H](Oc3nccc4c5c(ccc34)OC(F)(F)O5)CN2C(=O)[C@@H](NC(=O)OCC2(C)CC2)[C@H](C)C1. The van der Waals surface area contributed by atoms with E-state index in [0.29, 0.717) is 31.1 Å². The summed E-state index contributed by atoms with van der Waals surface area (Å²) >= 11 is 0. The molecule has 3 N–H and O–H groups in total. The van der Waals surface area contributed by atoms with Crippen LogP contribution < -0.4 is 29.6 Å². The number of hydrogen-bond acceptors (Lipinski definition) is 11. The number of sulfonamides is 1. The maximum atomic E-state index is 14.8. The minimum Gasteiger partial charge on any atom is -0.472 e. The third-order valence-corrected chi connectivity index (χ3v) is 13.9. The fraction of sp³-hybridized carbons (Fsp3) is 0.615. The second kappa shape index (κ2) is 14.3. The summed E-state index contributed by atoms with van der Waals surface area (Å²) in [5.41, 5.74) is -1.68. The average molecular weight is 816 g/mol. The van der Waals surface area contributed by atoms with Crippen LogP contribution in [0.1, 0.15) is 78.6 Å². The number of aromatic nitrogens is 1. The summed E-state index contributed by atoms with van der Waals surface area (Å²) in [5.74, 6) is -3.23. The Morgan fingerprint density at radius 3 is 2.58 bits per heavy atom.